The molecule has 0 radical (unpaired) electrons. The molecule has 2 unspecified atom stereocenters. The molecular weight excluding hydrogens is 446 g/mol. The van der Waals surface area contributed by atoms with Gasteiger partial charge in [0, 0.05) is 32.7 Å². The van der Waals surface area contributed by atoms with Crippen LogP contribution in [0.1, 0.15) is 0 Å². The Balaban J connectivity index is 0.00000171. The quantitative estimate of drug-likeness (QED) is 0.665. The van der Waals surface area contributed by atoms with E-state index in [0.29, 0.717) is 25.4 Å². The standard InChI is InChI=1S/C22H27FN2O4.2ClH/c23-19-5-1-2-6-20(19)25-11-9-24(10-12-25)13-17(26)14-27-15-18-16-28-21-7-3-4-8-22(21)29-18;;/h1-8,17-18,26H,9-16H2;2*1H. The molecule has 2 heterocycles. The van der Waals surface area contributed by atoms with E-state index in [2.05, 4.69) is 4.90 Å². The van der Waals surface area contributed by atoms with Crippen molar-refractivity contribution in [2.45, 2.75) is 12.2 Å². The van der Waals surface area contributed by atoms with Crippen LogP contribution in [-0.2, 0) is 4.74 Å². The fourth-order valence-electron chi connectivity index (χ4n) is 3.71. The summed E-state index contributed by atoms with van der Waals surface area (Å²) in [6.45, 7) is 4.62. The lowest BCUT2D eigenvalue weighted by Crippen LogP contribution is -2.49. The Hall–Kier alpha value is -1.77. The van der Waals surface area contributed by atoms with Crippen molar-refractivity contribution in [1.82, 2.24) is 4.90 Å². The number of nitrogens with zero attached hydrogens (tertiary/aromatic N) is 2. The Labute approximate surface area is 194 Å². The molecule has 172 valence electrons. The second-order valence-electron chi connectivity index (χ2n) is 7.43. The Kier molecular flexibility index (Phi) is 10.1. The van der Waals surface area contributed by atoms with E-state index in [1.54, 1.807) is 6.07 Å². The fraction of sp³-hybridized carbons (Fsp3) is 0.455. The zero-order chi connectivity index (χ0) is 20.1. The highest BCUT2D eigenvalue weighted by molar-refractivity contribution is 5.85. The number of ether oxygens (including phenoxy) is 3. The third kappa shape index (κ3) is 6.85. The Morgan fingerprint density at radius 2 is 1.68 bits per heavy atom. The number of anilines is 1. The van der Waals surface area contributed by atoms with Crippen molar-refractivity contribution in [2.75, 3.05) is 57.4 Å². The van der Waals surface area contributed by atoms with Crippen molar-refractivity contribution in [1.29, 1.82) is 0 Å². The van der Waals surface area contributed by atoms with E-state index >= 15 is 0 Å². The predicted octanol–water partition coefficient (Wildman–Crippen LogP) is 3.01. The molecule has 31 heavy (non-hydrogen) atoms. The van der Waals surface area contributed by atoms with Gasteiger partial charge >= 0.3 is 0 Å². The number of aliphatic hydroxyl groups excluding tert-OH is 1. The molecule has 0 amide bonds. The van der Waals surface area contributed by atoms with Gasteiger partial charge in [-0.1, -0.05) is 24.3 Å². The van der Waals surface area contributed by atoms with Crippen LogP contribution in [0.15, 0.2) is 48.5 Å². The molecule has 2 aromatic carbocycles. The number of benzene rings is 2. The highest BCUT2D eigenvalue weighted by Gasteiger charge is 2.23. The SMILES string of the molecule is Cl.Cl.OC(COCC1COc2ccccc2O1)CN1CCN(c2ccccc2F)CC1. The van der Waals surface area contributed by atoms with Crippen LogP contribution in [0.3, 0.4) is 0 Å². The first kappa shape index (κ1) is 25.5. The van der Waals surface area contributed by atoms with Gasteiger partial charge in [-0.25, -0.2) is 4.39 Å². The van der Waals surface area contributed by atoms with Crippen LogP contribution in [0.2, 0.25) is 0 Å². The molecule has 2 atom stereocenters. The molecule has 2 aromatic rings. The molecule has 1 N–H and O–H groups in total. The second kappa shape index (κ2) is 12.3. The second-order valence-corrected chi connectivity index (χ2v) is 7.43. The third-order valence-corrected chi connectivity index (χ3v) is 5.22. The Morgan fingerprint density at radius 1 is 1.00 bits per heavy atom. The van der Waals surface area contributed by atoms with Gasteiger partial charge in [0.05, 0.1) is 25.0 Å². The van der Waals surface area contributed by atoms with Crippen molar-refractivity contribution in [3.05, 3.63) is 54.3 Å². The summed E-state index contributed by atoms with van der Waals surface area (Å²) in [4.78, 5) is 4.23. The topological polar surface area (TPSA) is 54.4 Å². The van der Waals surface area contributed by atoms with Crippen molar-refractivity contribution in [3.63, 3.8) is 0 Å². The highest BCUT2D eigenvalue weighted by atomic mass is 35.5. The van der Waals surface area contributed by atoms with Crippen LogP contribution in [-0.4, -0.2) is 74.8 Å². The van der Waals surface area contributed by atoms with Crippen LogP contribution >= 0.6 is 24.8 Å². The lowest BCUT2D eigenvalue weighted by atomic mass is 10.2. The fourth-order valence-corrected chi connectivity index (χ4v) is 3.71. The minimum absolute atomic E-state index is 0. The molecule has 6 nitrogen and oxygen atoms in total. The van der Waals surface area contributed by atoms with E-state index in [0.717, 1.165) is 37.7 Å². The van der Waals surface area contributed by atoms with Crippen molar-refractivity contribution >= 4 is 30.5 Å². The molecule has 4 rings (SSSR count). The summed E-state index contributed by atoms with van der Waals surface area (Å²) in [5.41, 5.74) is 0.646. The van der Waals surface area contributed by atoms with Crippen LogP contribution in [0.4, 0.5) is 10.1 Å². The van der Waals surface area contributed by atoms with E-state index in [1.165, 1.54) is 6.07 Å². The highest BCUT2D eigenvalue weighted by Crippen LogP contribution is 2.30. The number of hydrogen-bond acceptors (Lipinski definition) is 6. The summed E-state index contributed by atoms with van der Waals surface area (Å²) >= 11 is 0. The van der Waals surface area contributed by atoms with Gasteiger partial charge in [-0.2, -0.15) is 0 Å². The molecule has 1 saturated heterocycles. The van der Waals surface area contributed by atoms with Gasteiger partial charge in [-0.3, -0.25) is 4.90 Å². The number of fused-ring (bicyclic) bond motifs is 1. The van der Waals surface area contributed by atoms with E-state index in [-0.39, 0.29) is 43.3 Å². The van der Waals surface area contributed by atoms with Crippen LogP contribution in [0.5, 0.6) is 11.5 Å². The molecule has 0 aliphatic carbocycles. The molecule has 0 aromatic heterocycles. The molecule has 2 aliphatic heterocycles. The number of piperazine rings is 1. The largest absolute Gasteiger partial charge is 0.486 e. The minimum atomic E-state index is -0.577. The molecule has 0 spiro atoms. The summed E-state index contributed by atoms with van der Waals surface area (Å²) in [5.74, 6) is 1.28. The van der Waals surface area contributed by atoms with Gasteiger partial charge < -0.3 is 24.2 Å². The Morgan fingerprint density at radius 3 is 2.42 bits per heavy atom. The summed E-state index contributed by atoms with van der Waals surface area (Å²) < 4.78 is 31.1. The van der Waals surface area contributed by atoms with E-state index in [1.807, 2.05) is 41.3 Å². The van der Waals surface area contributed by atoms with E-state index in [9.17, 15) is 9.50 Å². The number of para-hydroxylation sites is 3. The number of hydrogen-bond donors (Lipinski definition) is 1. The number of β-amino-alcohol motifs (C(OH)–C–C–N with tert-alkyl or cyclic N) is 1. The summed E-state index contributed by atoms with van der Waals surface area (Å²) in [5, 5.41) is 10.3. The number of rotatable bonds is 7. The van der Waals surface area contributed by atoms with Gasteiger partial charge in [-0.05, 0) is 24.3 Å². The van der Waals surface area contributed by atoms with Gasteiger partial charge in [0.15, 0.2) is 17.6 Å². The minimum Gasteiger partial charge on any atom is -0.486 e. The first-order chi connectivity index (χ1) is 14.2. The molecule has 2 aliphatic rings. The normalized spacial score (nSPS) is 19.2. The monoisotopic (exact) mass is 474 g/mol. The van der Waals surface area contributed by atoms with Crippen LogP contribution in [0, 0.1) is 5.82 Å². The first-order valence-electron chi connectivity index (χ1n) is 10.0. The zero-order valence-electron chi connectivity index (χ0n) is 17.2. The van der Waals surface area contributed by atoms with Crippen molar-refractivity contribution in [3.8, 4) is 11.5 Å². The number of halogens is 3. The molecule has 1 fully saturated rings. The molecule has 0 bridgehead atoms. The maximum absolute atomic E-state index is 13.9. The Bertz CT molecular complexity index is 809. The zero-order valence-corrected chi connectivity index (χ0v) is 18.8. The van der Waals surface area contributed by atoms with Crippen molar-refractivity contribution in [2.24, 2.45) is 0 Å². The smallest absolute Gasteiger partial charge is 0.161 e. The van der Waals surface area contributed by atoms with Gasteiger partial charge in [-0.15, -0.1) is 24.8 Å². The average molecular weight is 475 g/mol. The van der Waals surface area contributed by atoms with Gasteiger partial charge in [0.1, 0.15) is 12.4 Å². The summed E-state index contributed by atoms with van der Waals surface area (Å²) in [6, 6.07) is 14.4. The van der Waals surface area contributed by atoms with Gasteiger partial charge in [0.2, 0.25) is 0 Å². The first-order valence-corrected chi connectivity index (χ1v) is 10.0. The molecular formula is C22H29Cl2FN2O4. The third-order valence-electron chi connectivity index (χ3n) is 5.22. The van der Waals surface area contributed by atoms with E-state index < -0.39 is 6.10 Å². The summed E-state index contributed by atoms with van der Waals surface area (Å²) in [6.07, 6.45) is -0.756. The maximum Gasteiger partial charge on any atom is 0.161 e. The average Bonchev–Trinajstić information content (AvgIpc) is 2.75. The lowest BCUT2D eigenvalue weighted by molar-refractivity contribution is -0.0292. The number of aliphatic hydroxyl groups is 1. The predicted molar refractivity (Wildman–Crippen MR) is 123 cm³/mol. The lowest BCUT2D eigenvalue weighted by Gasteiger charge is -2.37. The summed E-state index contributed by atoms with van der Waals surface area (Å²) in [7, 11) is 0. The van der Waals surface area contributed by atoms with Crippen LogP contribution < -0.4 is 14.4 Å². The maximum atomic E-state index is 13.9. The van der Waals surface area contributed by atoms with Crippen molar-refractivity contribution < 1.29 is 23.7 Å². The molecule has 0 saturated carbocycles. The molecule has 9 heteroatoms. The van der Waals surface area contributed by atoms with Gasteiger partial charge in [0.25, 0.3) is 0 Å². The van der Waals surface area contributed by atoms with Crippen LogP contribution in [0.25, 0.3) is 0 Å². The van der Waals surface area contributed by atoms with E-state index in [4.69, 9.17) is 14.2 Å².